The Hall–Kier alpha value is -3.15. The molecule has 0 spiro atoms. The summed E-state index contributed by atoms with van der Waals surface area (Å²) in [6.07, 6.45) is 0.980. The maximum Gasteiger partial charge on any atom is 0.206 e. The standard InChI is InChI=1S/C28H32N4O/c1-33-22-10-17-32-26-16-9-8-15-25(26)29-28(32)31-20-18-30(19-21-31)27(23-11-4-2-5-12-23)24-13-6-3-7-14-24/h2-9,11-16,27H,10,17-22H2,1H3. The van der Waals surface area contributed by atoms with Gasteiger partial charge in [-0.3, -0.25) is 4.90 Å². The molecule has 1 aliphatic rings. The van der Waals surface area contributed by atoms with Gasteiger partial charge >= 0.3 is 0 Å². The highest BCUT2D eigenvalue weighted by Gasteiger charge is 2.28. The average molecular weight is 441 g/mol. The van der Waals surface area contributed by atoms with Gasteiger partial charge in [0.1, 0.15) is 0 Å². The molecule has 0 aliphatic carbocycles. The third kappa shape index (κ3) is 4.65. The van der Waals surface area contributed by atoms with Gasteiger partial charge in [0.2, 0.25) is 5.95 Å². The fourth-order valence-corrected chi connectivity index (χ4v) is 4.96. The summed E-state index contributed by atoms with van der Waals surface area (Å²) in [6.45, 7) is 5.59. The molecule has 0 radical (unpaired) electrons. The van der Waals surface area contributed by atoms with Crippen molar-refractivity contribution in [3.05, 3.63) is 96.1 Å². The van der Waals surface area contributed by atoms with Crippen molar-refractivity contribution >= 4 is 17.0 Å². The number of aromatic nitrogens is 2. The fourth-order valence-electron chi connectivity index (χ4n) is 4.96. The number of anilines is 1. The molecule has 2 heterocycles. The van der Waals surface area contributed by atoms with Crippen LogP contribution in [0.15, 0.2) is 84.9 Å². The first-order valence-electron chi connectivity index (χ1n) is 11.9. The van der Waals surface area contributed by atoms with Crippen LogP contribution in [0.4, 0.5) is 5.95 Å². The Labute approximate surface area is 196 Å². The van der Waals surface area contributed by atoms with Gasteiger partial charge in [0, 0.05) is 46.4 Å². The number of methoxy groups -OCH3 is 1. The van der Waals surface area contributed by atoms with Crippen molar-refractivity contribution in [2.24, 2.45) is 0 Å². The summed E-state index contributed by atoms with van der Waals surface area (Å²) < 4.78 is 7.68. The first-order valence-corrected chi connectivity index (χ1v) is 11.9. The minimum Gasteiger partial charge on any atom is -0.385 e. The second kappa shape index (κ2) is 10.2. The molecular weight excluding hydrogens is 408 g/mol. The van der Waals surface area contributed by atoms with Gasteiger partial charge in [-0.25, -0.2) is 4.98 Å². The molecular formula is C28H32N4O. The Morgan fingerprint density at radius 2 is 1.39 bits per heavy atom. The normalized spacial score (nSPS) is 14.9. The molecule has 4 aromatic rings. The van der Waals surface area contributed by atoms with Crippen LogP contribution in [0.3, 0.4) is 0 Å². The molecule has 170 valence electrons. The van der Waals surface area contributed by atoms with Crippen LogP contribution in [0.2, 0.25) is 0 Å². The minimum absolute atomic E-state index is 0.273. The van der Waals surface area contributed by atoms with E-state index in [0.717, 1.165) is 57.2 Å². The molecule has 0 amide bonds. The zero-order valence-electron chi connectivity index (χ0n) is 19.3. The molecule has 0 N–H and O–H groups in total. The highest BCUT2D eigenvalue weighted by molar-refractivity contribution is 5.78. The van der Waals surface area contributed by atoms with Crippen LogP contribution < -0.4 is 4.90 Å². The maximum atomic E-state index is 5.31. The lowest BCUT2D eigenvalue weighted by molar-refractivity contribution is 0.190. The Morgan fingerprint density at radius 1 is 0.788 bits per heavy atom. The summed E-state index contributed by atoms with van der Waals surface area (Å²) in [7, 11) is 1.77. The van der Waals surface area contributed by atoms with Gasteiger partial charge < -0.3 is 14.2 Å². The summed E-state index contributed by atoms with van der Waals surface area (Å²) in [5.74, 6) is 1.09. The first-order chi connectivity index (χ1) is 16.3. The number of ether oxygens (including phenoxy) is 1. The molecule has 5 heteroatoms. The number of nitrogens with zero attached hydrogens (tertiary/aromatic N) is 4. The third-order valence-corrected chi connectivity index (χ3v) is 6.56. The predicted octanol–water partition coefficient (Wildman–Crippen LogP) is 4.98. The summed E-state index contributed by atoms with van der Waals surface area (Å²) in [5, 5.41) is 0. The minimum atomic E-state index is 0.273. The number of benzene rings is 3. The molecule has 0 atom stereocenters. The summed E-state index contributed by atoms with van der Waals surface area (Å²) in [5.41, 5.74) is 4.98. The quantitative estimate of drug-likeness (QED) is 0.362. The smallest absolute Gasteiger partial charge is 0.206 e. The predicted molar refractivity (Wildman–Crippen MR) is 135 cm³/mol. The molecule has 5 rings (SSSR count). The molecule has 0 bridgehead atoms. The van der Waals surface area contributed by atoms with Gasteiger partial charge in [0.05, 0.1) is 17.1 Å². The van der Waals surface area contributed by atoms with E-state index in [2.05, 4.69) is 99.3 Å². The Balaban J connectivity index is 1.38. The van der Waals surface area contributed by atoms with Crippen molar-refractivity contribution in [2.75, 3.05) is 44.8 Å². The number of para-hydroxylation sites is 2. The average Bonchev–Trinajstić information content (AvgIpc) is 3.25. The molecule has 0 saturated carbocycles. The topological polar surface area (TPSA) is 33.5 Å². The van der Waals surface area contributed by atoms with Crippen molar-refractivity contribution < 1.29 is 4.74 Å². The molecule has 3 aromatic carbocycles. The summed E-state index contributed by atoms with van der Waals surface area (Å²) >= 11 is 0. The number of piperazine rings is 1. The monoisotopic (exact) mass is 440 g/mol. The second-order valence-corrected chi connectivity index (χ2v) is 8.65. The Bertz CT molecular complexity index is 1110. The van der Waals surface area contributed by atoms with E-state index in [-0.39, 0.29) is 6.04 Å². The van der Waals surface area contributed by atoms with Crippen molar-refractivity contribution in [3.63, 3.8) is 0 Å². The van der Waals surface area contributed by atoms with E-state index in [0.29, 0.717) is 0 Å². The fraction of sp³-hybridized carbons (Fsp3) is 0.321. The summed E-state index contributed by atoms with van der Waals surface area (Å²) in [4.78, 5) is 10.1. The van der Waals surface area contributed by atoms with Gasteiger partial charge in [-0.1, -0.05) is 72.8 Å². The first kappa shape index (κ1) is 21.7. The van der Waals surface area contributed by atoms with Crippen LogP contribution in [-0.4, -0.2) is 54.3 Å². The van der Waals surface area contributed by atoms with Gasteiger partial charge in [0.25, 0.3) is 0 Å². The van der Waals surface area contributed by atoms with E-state index in [1.54, 1.807) is 7.11 Å². The molecule has 1 fully saturated rings. The van der Waals surface area contributed by atoms with Gasteiger partial charge in [-0.2, -0.15) is 0 Å². The largest absolute Gasteiger partial charge is 0.385 e. The lowest BCUT2D eigenvalue weighted by Crippen LogP contribution is -2.48. The molecule has 1 saturated heterocycles. The Kier molecular flexibility index (Phi) is 6.70. The van der Waals surface area contributed by atoms with Gasteiger partial charge in [0.15, 0.2) is 0 Å². The molecule has 5 nitrogen and oxygen atoms in total. The second-order valence-electron chi connectivity index (χ2n) is 8.65. The third-order valence-electron chi connectivity index (χ3n) is 6.56. The summed E-state index contributed by atoms with van der Waals surface area (Å²) in [6, 6.07) is 30.5. The van der Waals surface area contributed by atoms with Gasteiger partial charge in [-0.15, -0.1) is 0 Å². The molecule has 1 aromatic heterocycles. The lowest BCUT2D eigenvalue weighted by atomic mass is 9.96. The van der Waals surface area contributed by atoms with Gasteiger partial charge in [-0.05, 0) is 29.7 Å². The van der Waals surface area contributed by atoms with Crippen LogP contribution in [0.1, 0.15) is 23.6 Å². The van der Waals surface area contributed by atoms with Crippen molar-refractivity contribution in [2.45, 2.75) is 19.0 Å². The van der Waals surface area contributed by atoms with Crippen LogP contribution in [-0.2, 0) is 11.3 Å². The number of hydrogen-bond donors (Lipinski definition) is 0. The molecule has 33 heavy (non-hydrogen) atoms. The number of hydrogen-bond acceptors (Lipinski definition) is 4. The number of rotatable bonds is 8. The highest BCUT2D eigenvalue weighted by Crippen LogP contribution is 2.31. The van der Waals surface area contributed by atoms with Crippen molar-refractivity contribution in [1.82, 2.24) is 14.5 Å². The SMILES string of the molecule is COCCCn1c(N2CCN(C(c3ccccc3)c3ccccc3)CC2)nc2ccccc21. The zero-order valence-corrected chi connectivity index (χ0v) is 19.3. The van der Waals surface area contributed by atoms with E-state index < -0.39 is 0 Å². The van der Waals surface area contributed by atoms with E-state index in [1.807, 2.05) is 0 Å². The van der Waals surface area contributed by atoms with Crippen LogP contribution in [0.25, 0.3) is 11.0 Å². The maximum absolute atomic E-state index is 5.31. The number of fused-ring (bicyclic) bond motifs is 1. The number of aryl methyl sites for hydroxylation is 1. The zero-order chi connectivity index (χ0) is 22.5. The van der Waals surface area contributed by atoms with Crippen LogP contribution in [0.5, 0.6) is 0 Å². The molecule has 1 aliphatic heterocycles. The highest BCUT2D eigenvalue weighted by atomic mass is 16.5. The van der Waals surface area contributed by atoms with E-state index in [9.17, 15) is 0 Å². The van der Waals surface area contributed by atoms with E-state index >= 15 is 0 Å². The molecule has 0 unspecified atom stereocenters. The lowest BCUT2D eigenvalue weighted by Gasteiger charge is -2.40. The van der Waals surface area contributed by atoms with Crippen LogP contribution >= 0.6 is 0 Å². The van der Waals surface area contributed by atoms with E-state index in [1.165, 1.54) is 16.6 Å². The van der Waals surface area contributed by atoms with Crippen LogP contribution in [0, 0.1) is 0 Å². The van der Waals surface area contributed by atoms with Crippen molar-refractivity contribution in [3.8, 4) is 0 Å². The Morgan fingerprint density at radius 3 is 2.03 bits per heavy atom. The van der Waals surface area contributed by atoms with E-state index in [4.69, 9.17) is 9.72 Å². The number of imidazole rings is 1. The van der Waals surface area contributed by atoms with Crippen molar-refractivity contribution in [1.29, 1.82) is 0 Å².